The summed E-state index contributed by atoms with van der Waals surface area (Å²) in [4.78, 5) is 29.3. The molecule has 2 aromatic heterocycles. The van der Waals surface area contributed by atoms with Gasteiger partial charge in [-0.05, 0) is 54.8 Å². The predicted octanol–water partition coefficient (Wildman–Crippen LogP) is 5.18. The van der Waals surface area contributed by atoms with Gasteiger partial charge in [-0.3, -0.25) is 14.6 Å². The summed E-state index contributed by atoms with van der Waals surface area (Å²) in [5, 5.41) is 11.0. The average Bonchev–Trinajstić information content (AvgIpc) is 3.37. The summed E-state index contributed by atoms with van der Waals surface area (Å²) in [5.74, 6) is 0.0153. The van der Waals surface area contributed by atoms with Crippen LogP contribution in [0.5, 0.6) is 5.88 Å². The first-order valence-electron chi connectivity index (χ1n) is 12.5. The van der Waals surface area contributed by atoms with Crippen LogP contribution >= 0.6 is 23.2 Å². The summed E-state index contributed by atoms with van der Waals surface area (Å²) < 4.78 is 7.68. The molecule has 0 saturated carbocycles. The molecule has 39 heavy (non-hydrogen) atoms. The van der Waals surface area contributed by atoms with E-state index in [1.54, 1.807) is 42.3 Å². The zero-order valence-corrected chi connectivity index (χ0v) is 23.2. The van der Waals surface area contributed by atoms with E-state index in [1.807, 2.05) is 49.4 Å². The van der Waals surface area contributed by atoms with Crippen LogP contribution in [0.1, 0.15) is 24.0 Å². The van der Waals surface area contributed by atoms with E-state index in [0.717, 1.165) is 16.7 Å². The van der Waals surface area contributed by atoms with Crippen LogP contribution in [0.2, 0.25) is 10.0 Å². The number of ether oxygens (including phenoxy) is 1. The van der Waals surface area contributed by atoms with E-state index in [2.05, 4.69) is 20.7 Å². The standard InChI is InChI=1S/C29H29Cl2N5O3/c1-19-7-3-4-8-20(19)15-26(29(38)32-2)34-27(37)10-6-14-39-28-17-25(21-9-5-13-33-18-21)35-36(28)22-11-12-23(30)24(31)16-22/h3-5,7-9,11-13,16-18,26H,6,10,14-15H2,1-2H3,(H,32,38)(H,34,37)/t26-/m0/s1. The lowest BCUT2D eigenvalue weighted by atomic mass is 10.0. The molecule has 0 radical (unpaired) electrons. The lowest BCUT2D eigenvalue weighted by molar-refractivity contribution is -0.128. The molecule has 0 aliphatic rings. The normalized spacial score (nSPS) is 11.6. The number of likely N-dealkylation sites (N-methyl/N-ethyl adjacent to an activating group) is 1. The molecule has 2 amide bonds. The van der Waals surface area contributed by atoms with Crippen molar-refractivity contribution >= 4 is 35.0 Å². The number of aryl methyl sites for hydroxylation is 1. The Kier molecular flexibility index (Phi) is 9.57. The average molecular weight is 566 g/mol. The summed E-state index contributed by atoms with van der Waals surface area (Å²) in [6.45, 7) is 2.24. The van der Waals surface area contributed by atoms with Crippen molar-refractivity contribution in [3.05, 3.63) is 94.2 Å². The van der Waals surface area contributed by atoms with Crippen molar-refractivity contribution in [3.63, 3.8) is 0 Å². The number of rotatable bonds is 11. The Bertz CT molecular complexity index is 1440. The van der Waals surface area contributed by atoms with Crippen molar-refractivity contribution in [1.82, 2.24) is 25.4 Å². The fraction of sp³-hybridized carbons (Fsp3) is 0.241. The first kappa shape index (κ1) is 28.1. The molecule has 0 unspecified atom stereocenters. The number of hydrogen-bond acceptors (Lipinski definition) is 5. The molecule has 4 rings (SSSR count). The monoisotopic (exact) mass is 565 g/mol. The van der Waals surface area contributed by atoms with Crippen LogP contribution in [0.4, 0.5) is 0 Å². The van der Waals surface area contributed by atoms with Crippen LogP contribution < -0.4 is 15.4 Å². The molecule has 8 nitrogen and oxygen atoms in total. The third kappa shape index (κ3) is 7.37. The number of benzene rings is 2. The molecular weight excluding hydrogens is 537 g/mol. The number of pyridine rings is 1. The third-order valence-electron chi connectivity index (χ3n) is 6.16. The quantitative estimate of drug-likeness (QED) is 0.244. The first-order valence-corrected chi connectivity index (χ1v) is 13.3. The van der Waals surface area contributed by atoms with Crippen molar-refractivity contribution in [1.29, 1.82) is 0 Å². The molecule has 0 aliphatic heterocycles. The van der Waals surface area contributed by atoms with E-state index < -0.39 is 6.04 Å². The van der Waals surface area contributed by atoms with Crippen molar-refractivity contribution < 1.29 is 14.3 Å². The van der Waals surface area contributed by atoms with Crippen LogP contribution in [0.3, 0.4) is 0 Å². The zero-order valence-electron chi connectivity index (χ0n) is 21.7. The molecule has 0 saturated heterocycles. The Morgan fingerprint density at radius 2 is 1.87 bits per heavy atom. The first-order chi connectivity index (χ1) is 18.9. The SMILES string of the molecule is CNC(=O)[C@H](Cc1ccccc1C)NC(=O)CCCOc1cc(-c2cccnc2)nn1-c1ccc(Cl)c(Cl)c1. The Labute approximate surface area is 237 Å². The number of carbonyl (C=O) groups is 2. The Morgan fingerprint density at radius 1 is 1.05 bits per heavy atom. The molecule has 2 N–H and O–H groups in total. The maximum Gasteiger partial charge on any atom is 0.242 e. The molecule has 1 atom stereocenters. The second-order valence-corrected chi connectivity index (χ2v) is 9.75. The predicted molar refractivity (Wildman–Crippen MR) is 152 cm³/mol. The number of halogens is 2. The summed E-state index contributed by atoms with van der Waals surface area (Å²) in [5.41, 5.74) is 4.26. The van der Waals surface area contributed by atoms with Gasteiger partial charge in [0.25, 0.3) is 0 Å². The molecule has 0 aliphatic carbocycles. The van der Waals surface area contributed by atoms with E-state index in [1.165, 1.54) is 0 Å². The second kappa shape index (κ2) is 13.3. The van der Waals surface area contributed by atoms with Gasteiger partial charge >= 0.3 is 0 Å². The second-order valence-electron chi connectivity index (χ2n) is 8.94. The van der Waals surface area contributed by atoms with Gasteiger partial charge in [0.05, 0.1) is 28.0 Å². The van der Waals surface area contributed by atoms with Gasteiger partial charge in [0.15, 0.2) is 0 Å². The van der Waals surface area contributed by atoms with E-state index >= 15 is 0 Å². The number of nitrogens with zero attached hydrogens (tertiary/aromatic N) is 3. The Balaban J connectivity index is 1.41. The largest absolute Gasteiger partial charge is 0.478 e. The Morgan fingerprint density at radius 3 is 2.59 bits per heavy atom. The van der Waals surface area contributed by atoms with E-state index in [4.69, 9.17) is 27.9 Å². The highest BCUT2D eigenvalue weighted by atomic mass is 35.5. The summed E-state index contributed by atoms with van der Waals surface area (Å²) in [6.07, 6.45) is 4.45. The summed E-state index contributed by atoms with van der Waals surface area (Å²) in [7, 11) is 1.56. The molecular formula is C29H29Cl2N5O3. The number of aromatic nitrogens is 3. The van der Waals surface area contributed by atoms with Gasteiger partial charge in [0.1, 0.15) is 6.04 Å². The van der Waals surface area contributed by atoms with Gasteiger partial charge in [0, 0.05) is 43.9 Å². The summed E-state index contributed by atoms with van der Waals surface area (Å²) >= 11 is 12.3. The molecule has 10 heteroatoms. The maximum absolute atomic E-state index is 12.7. The van der Waals surface area contributed by atoms with Gasteiger partial charge in [-0.1, -0.05) is 47.5 Å². The lowest BCUT2D eigenvalue weighted by Gasteiger charge is -2.18. The third-order valence-corrected chi connectivity index (χ3v) is 6.90. The van der Waals surface area contributed by atoms with Gasteiger partial charge in [0.2, 0.25) is 17.7 Å². The van der Waals surface area contributed by atoms with Gasteiger partial charge in [-0.25, -0.2) is 4.68 Å². The highest BCUT2D eigenvalue weighted by Crippen LogP contribution is 2.29. The van der Waals surface area contributed by atoms with Crippen LogP contribution in [0.15, 0.2) is 73.1 Å². The maximum atomic E-state index is 12.7. The number of nitrogens with one attached hydrogen (secondary N) is 2. The molecule has 0 spiro atoms. The van der Waals surface area contributed by atoms with Crippen molar-refractivity contribution in [2.45, 2.75) is 32.2 Å². The number of amides is 2. The van der Waals surface area contributed by atoms with Crippen LogP contribution in [-0.2, 0) is 16.0 Å². The van der Waals surface area contributed by atoms with Crippen molar-refractivity contribution in [3.8, 4) is 22.8 Å². The fourth-order valence-corrected chi connectivity index (χ4v) is 4.33. The number of carbonyl (C=O) groups excluding carboxylic acids is 2. The molecule has 0 bridgehead atoms. The molecule has 0 fully saturated rings. The van der Waals surface area contributed by atoms with Crippen LogP contribution in [-0.4, -0.2) is 46.3 Å². The van der Waals surface area contributed by atoms with Crippen LogP contribution in [0.25, 0.3) is 16.9 Å². The minimum Gasteiger partial charge on any atom is -0.478 e. The highest BCUT2D eigenvalue weighted by Gasteiger charge is 2.21. The van der Waals surface area contributed by atoms with E-state index in [9.17, 15) is 9.59 Å². The van der Waals surface area contributed by atoms with Gasteiger partial charge in [-0.2, -0.15) is 5.10 Å². The molecule has 202 valence electrons. The minimum atomic E-state index is -0.664. The number of hydrogen-bond donors (Lipinski definition) is 2. The van der Waals surface area contributed by atoms with E-state index in [0.29, 0.717) is 40.1 Å². The summed E-state index contributed by atoms with van der Waals surface area (Å²) in [6, 6.07) is 17.9. The molecule has 2 aromatic carbocycles. The minimum absolute atomic E-state index is 0.192. The van der Waals surface area contributed by atoms with Gasteiger partial charge < -0.3 is 15.4 Å². The van der Waals surface area contributed by atoms with Gasteiger partial charge in [-0.15, -0.1) is 0 Å². The fourth-order valence-electron chi connectivity index (χ4n) is 4.04. The zero-order chi connectivity index (χ0) is 27.8. The Hall–Kier alpha value is -3.88. The van der Waals surface area contributed by atoms with Crippen molar-refractivity contribution in [2.24, 2.45) is 0 Å². The van der Waals surface area contributed by atoms with E-state index in [-0.39, 0.29) is 24.8 Å². The molecule has 2 heterocycles. The molecule has 4 aromatic rings. The smallest absolute Gasteiger partial charge is 0.242 e. The highest BCUT2D eigenvalue weighted by molar-refractivity contribution is 6.42. The van der Waals surface area contributed by atoms with Crippen LogP contribution in [0, 0.1) is 6.92 Å². The van der Waals surface area contributed by atoms with Crippen molar-refractivity contribution in [2.75, 3.05) is 13.7 Å². The topological polar surface area (TPSA) is 98.1 Å². The lowest BCUT2D eigenvalue weighted by Crippen LogP contribution is -2.47.